The third-order valence-corrected chi connectivity index (χ3v) is 1.88. The van der Waals surface area contributed by atoms with Crippen LogP contribution < -0.4 is 0 Å². The second kappa shape index (κ2) is 3.08. The lowest BCUT2D eigenvalue weighted by Crippen LogP contribution is -2.01. The second-order valence-corrected chi connectivity index (χ2v) is 2.61. The van der Waals surface area contributed by atoms with Crippen LogP contribution in [0.3, 0.4) is 0 Å². The van der Waals surface area contributed by atoms with Gasteiger partial charge in [-0.2, -0.15) is 0 Å². The van der Waals surface area contributed by atoms with Crippen molar-refractivity contribution in [2.45, 2.75) is 25.7 Å². The summed E-state index contributed by atoms with van der Waals surface area (Å²) in [7, 11) is 1.79. The summed E-state index contributed by atoms with van der Waals surface area (Å²) in [5, 5.41) is 0. The first kappa shape index (κ1) is 6.09. The van der Waals surface area contributed by atoms with E-state index in [1.807, 2.05) is 0 Å². The van der Waals surface area contributed by atoms with Crippen LogP contribution in [0, 0.1) is 5.92 Å². The van der Waals surface area contributed by atoms with E-state index in [0.717, 1.165) is 12.5 Å². The number of ether oxygens (including phenoxy) is 1. The predicted octanol–water partition coefficient (Wildman–Crippen LogP) is 1.82. The summed E-state index contributed by atoms with van der Waals surface area (Å²) in [5.74, 6) is 0.889. The first-order chi connectivity index (χ1) is 3.93. The minimum absolute atomic E-state index is 0.889. The fourth-order valence-electron chi connectivity index (χ4n) is 1.41. The van der Waals surface area contributed by atoms with E-state index in [2.05, 4.69) is 0 Å². The minimum Gasteiger partial charge on any atom is -0.384 e. The van der Waals surface area contributed by atoms with E-state index in [1.54, 1.807) is 7.11 Å². The van der Waals surface area contributed by atoms with Crippen molar-refractivity contribution in [2.24, 2.45) is 5.92 Å². The Morgan fingerprint density at radius 1 is 1.38 bits per heavy atom. The van der Waals surface area contributed by atoms with Crippen LogP contribution in [0.4, 0.5) is 0 Å². The molecule has 1 nitrogen and oxygen atoms in total. The highest BCUT2D eigenvalue weighted by Gasteiger charge is 2.13. The predicted molar refractivity (Wildman–Crippen MR) is 33.8 cm³/mol. The molecule has 0 saturated heterocycles. The molecule has 0 amide bonds. The zero-order chi connectivity index (χ0) is 5.82. The summed E-state index contributed by atoms with van der Waals surface area (Å²) in [5.41, 5.74) is 0. The Kier molecular flexibility index (Phi) is 2.34. The topological polar surface area (TPSA) is 9.23 Å². The summed E-state index contributed by atoms with van der Waals surface area (Å²) in [6.07, 6.45) is 5.64. The van der Waals surface area contributed by atoms with Crippen LogP contribution in [-0.4, -0.2) is 13.7 Å². The maximum absolute atomic E-state index is 5.03. The molecular formula is C7H14O. The summed E-state index contributed by atoms with van der Waals surface area (Å²) in [6.45, 7) is 0.986. The van der Waals surface area contributed by atoms with Crippen LogP contribution in [0.1, 0.15) is 25.7 Å². The molecule has 1 heteroatoms. The zero-order valence-electron chi connectivity index (χ0n) is 5.52. The van der Waals surface area contributed by atoms with Crippen molar-refractivity contribution >= 4 is 0 Å². The maximum atomic E-state index is 5.03. The Bertz CT molecular complexity index is 55.4. The SMILES string of the molecule is COCC1CCCC1. The van der Waals surface area contributed by atoms with Crippen molar-refractivity contribution in [3.8, 4) is 0 Å². The van der Waals surface area contributed by atoms with Crippen LogP contribution in [0.5, 0.6) is 0 Å². The molecule has 0 atom stereocenters. The summed E-state index contributed by atoms with van der Waals surface area (Å²) < 4.78 is 5.03. The lowest BCUT2D eigenvalue weighted by atomic mass is 10.1. The standard InChI is InChI=1S/C7H14O/c1-8-6-7-4-2-3-5-7/h7H,2-6H2,1H3. The van der Waals surface area contributed by atoms with Gasteiger partial charge in [0.1, 0.15) is 0 Å². The molecule has 48 valence electrons. The van der Waals surface area contributed by atoms with Gasteiger partial charge < -0.3 is 4.74 Å². The lowest BCUT2D eigenvalue weighted by Gasteiger charge is -2.04. The van der Waals surface area contributed by atoms with Crippen molar-refractivity contribution < 1.29 is 4.74 Å². The van der Waals surface area contributed by atoms with E-state index in [4.69, 9.17) is 4.74 Å². The molecule has 1 aliphatic carbocycles. The van der Waals surface area contributed by atoms with E-state index in [1.165, 1.54) is 25.7 Å². The van der Waals surface area contributed by atoms with E-state index < -0.39 is 0 Å². The molecule has 0 bridgehead atoms. The summed E-state index contributed by atoms with van der Waals surface area (Å²) >= 11 is 0. The summed E-state index contributed by atoms with van der Waals surface area (Å²) in [4.78, 5) is 0. The number of hydrogen-bond donors (Lipinski definition) is 0. The van der Waals surface area contributed by atoms with Crippen LogP contribution in [-0.2, 0) is 4.74 Å². The normalized spacial score (nSPS) is 22.1. The highest BCUT2D eigenvalue weighted by molar-refractivity contribution is 4.65. The van der Waals surface area contributed by atoms with Gasteiger partial charge in [-0.3, -0.25) is 0 Å². The molecule has 0 N–H and O–H groups in total. The number of hydrogen-bond acceptors (Lipinski definition) is 1. The Hall–Kier alpha value is -0.0400. The van der Waals surface area contributed by atoms with Crippen molar-refractivity contribution in [3.63, 3.8) is 0 Å². The van der Waals surface area contributed by atoms with Gasteiger partial charge in [-0.05, 0) is 18.8 Å². The number of methoxy groups -OCH3 is 1. The first-order valence-electron chi connectivity index (χ1n) is 3.42. The molecule has 0 aromatic carbocycles. The van der Waals surface area contributed by atoms with Crippen LogP contribution in [0.15, 0.2) is 0 Å². The third-order valence-electron chi connectivity index (χ3n) is 1.88. The van der Waals surface area contributed by atoms with Gasteiger partial charge in [-0.15, -0.1) is 0 Å². The molecule has 0 unspecified atom stereocenters. The smallest absolute Gasteiger partial charge is 0.0490 e. The van der Waals surface area contributed by atoms with Crippen LogP contribution in [0.2, 0.25) is 0 Å². The molecule has 1 rings (SSSR count). The van der Waals surface area contributed by atoms with E-state index in [9.17, 15) is 0 Å². The van der Waals surface area contributed by atoms with Crippen LogP contribution in [0.25, 0.3) is 0 Å². The molecule has 8 heavy (non-hydrogen) atoms. The van der Waals surface area contributed by atoms with Crippen molar-refractivity contribution in [2.75, 3.05) is 13.7 Å². The lowest BCUT2D eigenvalue weighted by molar-refractivity contribution is 0.155. The van der Waals surface area contributed by atoms with Gasteiger partial charge in [0, 0.05) is 13.7 Å². The Morgan fingerprint density at radius 2 is 2.00 bits per heavy atom. The Balaban J connectivity index is 2.06. The first-order valence-corrected chi connectivity index (χ1v) is 3.42. The monoisotopic (exact) mass is 114 g/mol. The van der Waals surface area contributed by atoms with Gasteiger partial charge in [0.2, 0.25) is 0 Å². The van der Waals surface area contributed by atoms with Gasteiger partial charge >= 0.3 is 0 Å². The van der Waals surface area contributed by atoms with E-state index in [-0.39, 0.29) is 0 Å². The number of rotatable bonds is 2. The van der Waals surface area contributed by atoms with Gasteiger partial charge in [0.05, 0.1) is 0 Å². The highest BCUT2D eigenvalue weighted by Crippen LogP contribution is 2.24. The molecule has 1 aliphatic rings. The maximum Gasteiger partial charge on any atom is 0.0490 e. The molecule has 0 aromatic heterocycles. The van der Waals surface area contributed by atoms with E-state index in [0.29, 0.717) is 0 Å². The zero-order valence-corrected chi connectivity index (χ0v) is 5.52. The minimum atomic E-state index is 0.889. The highest BCUT2D eigenvalue weighted by atomic mass is 16.5. The molecule has 0 spiro atoms. The Morgan fingerprint density at radius 3 is 2.50 bits per heavy atom. The van der Waals surface area contributed by atoms with E-state index >= 15 is 0 Å². The van der Waals surface area contributed by atoms with Gasteiger partial charge in [0.15, 0.2) is 0 Å². The molecule has 1 saturated carbocycles. The third kappa shape index (κ3) is 1.48. The fourth-order valence-corrected chi connectivity index (χ4v) is 1.41. The summed E-state index contributed by atoms with van der Waals surface area (Å²) in [6, 6.07) is 0. The van der Waals surface area contributed by atoms with Crippen molar-refractivity contribution in [3.05, 3.63) is 0 Å². The van der Waals surface area contributed by atoms with Gasteiger partial charge in [-0.25, -0.2) is 0 Å². The van der Waals surface area contributed by atoms with Gasteiger partial charge in [-0.1, -0.05) is 12.8 Å². The molecule has 0 aliphatic heterocycles. The average Bonchev–Trinajstić information content (AvgIpc) is 2.19. The molecule has 0 heterocycles. The van der Waals surface area contributed by atoms with Crippen molar-refractivity contribution in [1.82, 2.24) is 0 Å². The fraction of sp³-hybridized carbons (Fsp3) is 1.00. The average molecular weight is 114 g/mol. The second-order valence-electron chi connectivity index (χ2n) is 2.61. The molecule has 0 aromatic rings. The molecule has 1 fully saturated rings. The van der Waals surface area contributed by atoms with Crippen LogP contribution >= 0.6 is 0 Å². The quantitative estimate of drug-likeness (QED) is 0.532. The molecular weight excluding hydrogens is 100 g/mol. The largest absolute Gasteiger partial charge is 0.384 e. The van der Waals surface area contributed by atoms with Crippen molar-refractivity contribution in [1.29, 1.82) is 0 Å². The molecule has 0 radical (unpaired) electrons. The van der Waals surface area contributed by atoms with Gasteiger partial charge in [0.25, 0.3) is 0 Å². The Labute approximate surface area is 51.0 Å².